The van der Waals surface area contributed by atoms with Gasteiger partial charge in [-0.25, -0.2) is 0 Å². The first-order valence-corrected chi connectivity index (χ1v) is 16.5. The fraction of sp³-hybridized carbons (Fsp3) is 1.00. The van der Waals surface area contributed by atoms with Crippen molar-refractivity contribution in [2.45, 2.75) is 38.5 Å². The average Bonchev–Trinajstić information content (AvgIpc) is 2.92. The van der Waals surface area contributed by atoms with Gasteiger partial charge in [0, 0.05) is 65.4 Å². The summed E-state index contributed by atoms with van der Waals surface area (Å²) < 4.78 is 5.95. The predicted octanol–water partition coefficient (Wildman–Crippen LogP) is 2.06. The monoisotopic (exact) mass is 587 g/mol. The minimum Gasteiger partial charge on any atom is -0.379 e. The second kappa shape index (κ2) is 27.2. The van der Waals surface area contributed by atoms with E-state index < -0.39 is 0 Å². The Balaban J connectivity index is 3.60. The van der Waals surface area contributed by atoms with Crippen LogP contribution in [0.25, 0.3) is 0 Å². The van der Waals surface area contributed by atoms with Crippen molar-refractivity contribution in [3.05, 3.63) is 0 Å². The Morgan fingerprint density at radius 2 is 0.512 bits per heavy atom. The molecule has 0 fully saturated rings. The Morgan fingerprint density at radius 3 is 0.780 bits per heavy atom. The minimum absolute atomic E-state index is 0.819. The molecule has 0 aromatic heterocycles. The Labute approximate surface area is 257 Å². The molecule has 0 aliphatic rings. The maximum atomic E-state index is 5.95. The van der Waals surface area contributed by atoms with Crippen molar-refractivity contribution in [1.29, 1.82) is 0 Å². The van der Waals surface area contributed by atoms with E-state index in [1.165, 1.54) is 64.7 Å². The number of unbranched alkanes of at least 4 members (excludes halogenated alkanes) is 4. The van der Waals surface area contributed by atoms with Gasteiger partial charge in [-0.2, -0.15) is 0 Å². The smallest absolute Gasteiger partial charge is 0.0593 e. The second-order valence-electron chi connectivity index (χ2n) is 13.2. The van der Waals surface area contributed by atoms with E-state index in [1.54, 1.807) is 0 Å². The van der Waals surface area contributed by atoms with E-state index in [2.05, 4.69) is 110 Å². The SMILES string of the molecule is CN(C)CCN(C)CCCCCN(C)CCN(C)CCOCCN(C)CCN(C)CCCCCN(C)CCN(C)C. The fourth-order valence-corrected chi connectivity index (χ4v) is 4.52. The first-order chi connectivity index (χ1) is 19.5. The van der Waals surface area contributed by atoms with Gasteiger partial charge in [-0.3, -0.25) is 0 Å². The van der Waals surface area contributed by atoms with Crippen molar-refractivity contribution in [3.8, 4) is 0 Å². The summed E-state index contributed by atoms with van der Waals surface area (Å²) >= 11 is 0. The highest BCUT2D eigenvalue weighted by Gasteiger charge is 2.06. The molecule has 0 radical (unpaired) electrons. The summed E-state index contributed by atoms with van der Waals surface area (Å²) in [5, 5.41) is 0. The quantitative estimate of drug-likeness (QED) is 0.118. The summed E-state index contributed by atoms with van der Waals surface area (Å²) in [6, 6.07) is 0. The van der Waals surface area contributed by atoms with Crippen LogP contribution in [0.1, 0.15) is 38.5 Å². The van der Waals surface area contributed by atoms with Crippen LogP contribution in [0.4, 0.5) is 0 Å². The Kier molecular flexibility index (Phi) is 27.0. The lowest BCUT2D eigenvalue weighted by Crippen LogP contribution is -2.34. The molecule has 41 heavy (non-hydrogen) atoms. The molecule has 0 bridgehead atoms. The second-order valence-corrected chi connectivity index (χ2v) is 13.2. The zero-order valence-electron chi connectivity index (χ0n) is 29.5. The lowest BCUT2D eigenvalue weighted by Gasteiger charge is -2.23. The highest BCUT2D eigenvalue weighted by atomic mass is 16.5. The van der Waals surface area contributed by atoms with Gasteiger partial charge in [0.15, 0.2) is 0 Å². The molecule has 0 aromatic rings. The number of rotatable bonds is 30. The molecule has 9 nitrogen and oxygen atoms in total. The van der Waals surface area contributed by atoms with Gasteiger partial charge in [-0.15, -0.1) is 0 Å². The van der Waals surface area contributed by atoms with E-state index >= 15 is 0 Å². The van der Waals surface area contributed by atoms with Crippen LogP contribution >= 0.6 is 0 Å². The van der Waals surface area contributed by atoms with Crippen LogP contribution in [0.15, 0.2) is 0 Å². The summed E-state index contributed by atoms with van der Waals surface area (Å²) in [7, 11) is 22.0. The van der Waals surface area contributed by atoms with Gasteiger partial charge >= 0.3 is 0 Å². The summed E-state index contributed by atoms with van der Waals surface area (Å²) in [5.41, 5.74) is 0. The molecule has 0 heterocycles. The summed E-state index contributed by atoms with van der Waals surface area (Å²) in [6.45, 7) is 17.5. The molecule has 0 amide bonds. The van der Waals surface area contributed by atoms with Crippen LogP contribution in [-0.4, -0.2) is 215 Å². The summed E-state index contributed by atoms with van der Waals surface area (Å²) in [5.74, 6) is 0. The molecule has 0 unspecified atom stereocenters. The number of likely N-dealkylation sites (N-methyl/N-ethyl adjacent to an activating group) is 8. The van der Waals surface area contributed by atoms with Crippen LogP contribution in [0.3, 0.4) is 0 Å². The van der Waals surface area contributed by atoms with Crippen molar-refractivity contribution in [2.75, 3.05) is 175 Å². The van der Waals surface area contributed by atoms with E-state index in [0.29, 0.717) is 0 Å². The van der Waals surface area contributed by atoms with Crippen molar-refractivity contribution in [3.63, 3.8) is 0 Å². The Morgan fingerprint density at radius 1 is 0.268 bits per heavy atom. The number of ether oxygens (including phenoxy) is 1. The third kappa shape index (κ3) is 29.5. The summed E-state index contributed by atoms with van der Waals surface area (Å²) in [4.78, 5) is 19.2. The molecular formula is C32H74N8O. The first kappa shape index (κ1) is 40.6. The lowest BCUT2D eigenvalue weighted by atomic mass is 10.2. The van der Waals surface area contributed by atoms with Gasteiger partial charge in [0.05, 0.1) is 13.2 Å². The van der Waals surface area contributed by atoms with Gasteiger partial charge in [-0.05, 0) is 122 Å². The molecule has 0 aliphatic heterocycles. The molecule has 0 aliphatic carbocycles. The fourth-order valence-electron chi connectivity index (χ4n) is 4.52. The maximum Gasteiger partial charge on any atom is 0.0593 e. The molecule has 248 valence electrons. The van der Waals surface area contributed by atoms with Gasteiger partial charge in [0.2, 0.25) is 0 Å². The number of nitrogens with zero attached hydrogens (tertiary/aromatic N) is 8. The van der Waals surface area contributed by atoms with Crippen molar-refractivity contribution in [1.82, 2.24) is 39.2 Å². The van der Waals surface area contributed by atoms with Crippen molar-refractivity contribution in [2.24, 2.45) is 0 Å². The maximum absolute atomic E-state index is 5.95. The first-order valence-electron chi connectivity index (χ1n) is 16.5. The van der Waals surface area contributed by atoms with Crippen LogP contribution in [-0.2, 0) is 4.74 Å². The number of hydrogen-bond acceptors (Lipinski definition) is 9. The average molecular weight is 587 g/mol. The third-order valence-corrected chi connectivity index (χ3v) is 7.98. The van der Waals surface area contributed by atoms with Crippen LogP contribution in [0, 0.1) is 0 Å². The zero-order chi connectivity index (χ0) is 30.9. The summed E-state index contributed by atoms with van der Waals surface area (Å²) in [6.07, 6.45) is 7.84. The number of hydrogen-bond donors (Lipinski definition) is 0. The molecule has 0 saturated carbocycles. The van der Waals surface area contributed by atoms with Gasteiger partial charge in [0.1, 0.15) is 0 Å². The molecule has 0 aromatic carbocycles. The normalized spacial score (nSPS) is 12.7. The van der Waals surface area contributed by atoms with Gasteiger partial charge in [-0.1, -0.05) is 12.8 Å². The minimum atomic E-state index is 0.819. The highest BCUT2D eigenvalue weighted by molar-refractivity contribution is 4.61. The third-order valence-electron chi connectivity index (χ3n) is 7.98. The Bertz CT molecular complexity index is 508. The standard InChI is InChI=1S/C32H74N8O/c1-33(2)21-23-35(5)17-13-11-15-19-37(7)25-27-39(9)29-31-41-32-30-40(10)28-26-38(8)20-16-12-14-18-36(6)24-22-34(3)4/h11-32H2,1-10H3. The van der Waals surface area contributed by atoms with Gasteiger partial charge < -0.3 is 43.9 Å². The van der Waals surface area contributed by atoms with E-state index in [-0.39, 0.29) is 0 Å². The van der Waals surface area contributed by atoms with E-state index in [0.717, 1.165) is 78.7 Å². The molecule has 0 spiro atoms. The van der Waals surface area contributed by atoms with E-state index in [4.69, 9.17) is 4.74 Å². The predicted molar refractivity (Wildman–Crippen MR) is 181 cm³/mol. The topological polar surface area (TPSA) is 35.2 Å². The van der Waals surface area contributed by atoms with Crippen LogP contribution in [0.5, 0.6) is 0 Å². The largest absolute Gasteiger partial charge is 0.379 e. The Hall–Kier alpha value is -0.360. The van der Waals surface area contributed by atoms with Gasteiger partial charge in [0.25, 0.3) is 0 Å². The molecule has 9 heteroatoms. The molecule has 0 saturated heterocycles. The molecule has 0 rings (SSSR count). The molecule has 0 atom stereocenters. The lowest BCUT2D eigenvalue weighted by molar-refractivity contribution is 0.0902. The highest BCUT2D eigenvalue weighted by Crippen LogP contribution is 2.01. The van der Waals surface area contributed by atoms with Crippen molar-refractivity contribution >= 4 is 0 Å². The van der Waals surface area contributed by atoms with Crippen LogP contribution in [0.2, 0.25) is 0 Å². The molecular weight excluding hydrogens is 512 g/mol. The zero-order valence-corrected chi connectivity index (χ0v) is 29.5. The van der Waals surface area contributed by atoms with E-state index in [1.807, 2.05) is 0 Å². The van der Waals surface area contributed by atoms with E-state index in [9.17, 15) is 0 Å². The molecule has 0 N–H and O–H groups in total. The van der Waals surface area contributed by atoms with Crippen LogP contribution < -0.4 is 0 Å². The van der Waals surface area contributed by atoms with Crippen molar-refractivity contribution < 1.29 is 4.74 Å².